The number of nitrogens with one attached hydrogen (secondary N) is 1. The third-order valence-corrected chi connectivity index (χ3v) is 2.90. The lowest BCUT2D eigenvalue weighted by Gasteiger charge is -2.20. The normalized spacial score (nSPS) is 12.8. The van der Waals surface area contributed by atoms with Crippen LogP contribution < -0.4 is 11.1 Å². The highest BCUT2D eigenvalue weighted by atomic mass is 32.1. The number of rotatable bonds is 5. The van der Waals surface area contributed by atoms with Crippen LogP contribution in [0.15, 0.2) is 5.38 Å². The zero-order valence-corrected chi connectivity index (χ0v) is 10.5. The molecule has 1 unspecified atom stereocenters. The highest BCUT2D eigenvalue weighted by molar-refractivity contribution is 7.13. The van der Waals surface area contributed by atoms with E-state index in [1.807, 2.05) is 13.8 Å². The third-order valence-electron chi connectivity index (χ3n) is 2.22. The minimum atomic E-state index is -0.205. The lowest BCUT2D eigenvalue weighted by molar-refractivity contribution is 0.0862. The predicted molar refractivity (Wildman–Crippen MR) is 64.5 cm³/mol. The van der Waals surface area contributed by atoms with Crippen LogP contribution in [0.1, 0.15) is 24.3 Å². The maximum atomic E-state index is 11.8. The van der Waals surface area contributed by atoms with E-state index in [9.17, 15) is 4.79 Å². The summed E-state index contributed by atoms with van der Waals surface area (Å²) in [7, 11) is 1.61. The zero-order valence-electron chi connectivity index (χ0n) is 9.69. The van der Waals surface area contributed by atoms with Crippen molar-refractivity contribution in [2.24, 2.45) is 5.92 Å². The Hall–Kier alpha value is -1.14. The summed E-state index contributed by atoms with van der Waals surface area (Å²) in [5.74, 6) is 0.101. The molecular weight excluding hydrogens is 226 g/mol. The molecule has 0 saturated carbocycles. The second-order valence-corrected chi connectivity index (χ2v) is 4.74. The van der Waals surface area contributed by atoms with Crippen molar-refractivity contribution in [2.75, 3.05) is 19.5 Å². The number of ether oxygens (including phenoxy) is 1. The number of thiazole rings is 1. The second-order valence-electron chi connectivity index (χ2n) is 3.85. The number of methoxy groups -OCH3 is 1. The number of hydrogen-bond donors (Lipinski definition) is 2. The number of nitrogen functional groups attached to an aromatic ring is 1. The fourth-order valence-electron chi connectivity index (χ4n) is 1.21. The van der Waals surface area contributed by atoms with Crippen LogP contribution in [0, 0.1) is 5.92 Å². The Morgan fingerprint density at radius 2 is 2.38 bits per heavy atom. The van der Waals surface area contributed by atoms with Gasteiger partial charge in [-0.25, -0.2) is 4.98 Å². The molecule has 0 spiro atoms. The highest BCUT2D eigenvalue weighted by Crippen LogP contribution is 2.11. The first-order valence-corrected chi connectivity index (χ1v) is 5.93. The van der Waals surface area contributed by atoms with E-state index in [0.29, 0.717) is 23.4 Å². The third kappa shape index (κ3) is 3.46. The molecule has 0 aliphatic rings. The summed E-state index contributed by atoms with van der Waals surface area (Å²) in [6.45, 7) is 4.54. The van der Waals surface area contributed by atoms with Crippen molar-refractivity contribution in [2.45, 2.75) is 19.9 Å². The number of amides is 1. The second kappa shape index (κ2) is 5.81. The van der Waals surface area contributed by atoms with E-state index in [1.54, 1.807) is 12.5 Å². The molecule has 1 aromatic heterocycles. The van der Waals surface area contributed by atoms with Gasteiger partial charge in [-0.15, -0.1) is 11.3 Å². The average Bonchev–Trinajstić information content (AvgIpc) is 2.64. The number of nitrogens with zero attached hydrogens (tertiary/aromatic N) is 1. The molecule has 0 aliphatic carbocycles. The zero-order chi connectivity index (χ0) is 12.1. The Morgan fingerprint density at radius 3 is 2.81 bits per heavy atom. The molecule has 0 saturated heterocycles. The van der Waals surface area contributed by atoms with Crippen LogP contribution in [0.25, 0.3) is 0 Å². The number of hydrogen-bond acceptors (Lipinski definition) is 5. The molecule has 0 aliphatic heterocycles. The molecule has 1 atom stereocenters. The van der Waals surface area contributed by atoms with Gasteiger partial charge in [-0.1, -0.05) is 13.8 Å². The Kier molecular flexibility index (Phi) is 4.70. The van der Waals surface area contributed by atoms with Crippen LogP contribution in [0.3, 0.4) is 0 Å². The van der Waals surface area contributed by atoms with E-state index < -0.39 is 0 Å². The minimum absolute atomic E-state index is 0.0135. The summed E-state index contributed by atoms with van der Waals surface area (Å²) >= 11 is 1.26. The van der Waals surface area contributed by atoms with Gasteiger partial charge in [0, 0.05) is 12.5 Å². The molecule has 0 radical (unpaired) electrons. The first-order chi connectivity index (χ1) is 7.54. The van der Waals surface area contributed by atoms with E-state index >= 15 is 0 Å². The summed E-state index contributed by atoms with van der Waals surface area (Å²) < 4.78 is 5.05. The average molecular weight is 243 g/mol. The van der Waals surface area contributed by atoms with Gasteiger partial charge in [0.2, 0.25) is 0 Å². The lowest BCUT2D eigenvalue weighted by Crippen LogP contribution is -2.41. The molecule has 3 N–H and O–H groups in total. The van der Waals surface area contributed by atoms with E-state index in [2.05, 4.69) is 10.3 Å². The van der Waals surface area contributed by atoms with Crippen LogP contribution in [-0.2, 0) is 4.74 Å². The summed E-state index contributed by atoms with van der Waals surface area (Å²) in [6, 6.07) is -0.0135. The SMILES string of the molecule is COCC(NC(=O)c1csc(N)n1)C(C)C. The van der Waals surface area contributed by atoms with Crippen molar-refractivity contribution in [1.29, 1.82) is 0 Å². The Labute approximate surface area is 99.0 Å². The van der Waals surface area contributed by atoms with Crippen LogP contribution >= 0.6 is 11.3 Å². The quantitative estimate of drug-likeness (QED) is 0.812. The van der Waals surface area contributed by atoms with Crippen molar-refractivity contribution < 1.29 is 9.53 Å². The number of carbonyl (C=O) groups excluding carboxylic acids is 1. The van der Waals surface area contributed by atoms with Crippen molar-refractivity contribution in [3.63, 3.8) is 0 Å². The molecule has 5 nitrogen and oxygen atoms in total. The fourth-order valence-corrected chi connectivity index (χ4v) is 1.76. The van der Waals surface area contributed by atoms with Crippen LogP contribution in [-0.4, -0.2) is 30.6 Å². The molecule has 0 fully saturated rings. The van der Waals surface area contributed by atoms with Gasteiger partial charge in [-0.05, 0) is 5.92 Å². The summed E-state index contributed by atoms with van der Waals surface area (Å²) in [6.07, 6.45) is 0. The topological polar surface area (TPSA) is 77.2 Å². The highest BCUT2D eigenvalue weighted by Gasteiger charge is 2.18. The van der Waals surface area contributed by atoms with E-state index in [0.717, 1.165) is 0 Å². The van der Waals surface area contributed by atoms with Gasteiger partial charge in [-0.2, -0.15) is 0 Å². The number of carbonyl (C=O) groups is 1. The molecule has 1 amide bonds. The number of anilines is 1. The summed E-state index contributed by atoms with van der Waals surface area (Å²) in [4.78, 5) is 15.7. The van der Waals surface area contributed by atoms with Gasteiger partial charge in [0.1, 0.15) is 5.69 Å². The van der Waals surface area contributed by atoms with Crippen molar-refractivity contribution in [3.8, 4) is 0 Å². The minimum Gasteiger partial charge on any atom is -0.383 e. The summed E-state index contributed by atoms with van der Waals surface area (Å²) in [5, 5.41) is 4.92. The first-order valence-electron chi connectivity index (χ1n) is 5.05. The first kappa shape index (κ1) is 12.9. The van der Waals surface area contributed by atoms with Crippen LogP contribution in [0.5, 0.6) is 0 Å². The molecule has 1 heterocycles. The molecule has 6 heteroatoms. The Bertz CT molecular complexity index is 352. The van der Waals surface area contributed by atoms with Gasteiger partial charge < -0.3 is 15.8 Å². The van der Waals surface area contributed by atoms with Gasteiger partial charge in [0.15, 0.2) is 5.13 Å². The Balaban J connectivity index is 2.61. The molecule has 90 valence electrons. The number of aromatic nitrogens is 1. The monoisotopic (exact) mass is 243 g/mol. The van der Waals surface area contributed by atoms with Gasteiger partial charge in [0.05, 0.1) is 12.6 Å². The largest absolute Gasteiger partial charge is 0.383 e. The molecule has 0 aromatic carbocycles. The molecule has 1 aromatic rings. The van der Waals surface area contributed by atoms with E-state index in [1.165, 1.54) is 11.3 Å². The van der Waals surface area contributed by atoms with Gasteiger partial charge >= 0.3 is 0 Å². The van der Waals surface area contributed by atoms with Crippen molar-refractivity contribution in [3.05, 3.63) is 11.1 Å². The summed E-state index contributed by atoms with van der Waals surface area (Å²) in [5.41, 5.74) is 5.83. The van der Waals surface area contributed by atoms with Crippen molar-refractivity contribution >= 4 is 22.4 Å². The Morgan fingerprint density at radius 1 is 1.69 bits per heavy atom. The van der Waals surface area contributed by atoms with E-state index in [4.69, 9.17) is 10.5 Å². The molecular formula is C10H17N3O2S. The maximum absolute atomic E-state index is 11.8. The maximum Gasteiger partial charge on any atom is 0.271 e. The smallest absolute Gasteiger partial charge is 0.271 e. The van der Waals surface area contributed by atoms with Crippen molar-refractivity contribution in [1.82, 2.24) is 10.3 Å². The lowest BCUT2D eigenvalue weighted by atomic mass is 10.1. The van der Waals surface area contributed by atoms with E-state index in [-0.39, 0.29) is 11.9 Å². The molecule has 16 heavy (non-hydrogen) atoms. The predicted octanol–water partition coefficient (Wildman–Crippen LogP) is 1.13. The number of nitrogens with two attached hydrogens (primary N) is 1. The molecule has 0 bridgehead atoms. The van der Waals surface area contributed by atoms with Crippen LogP contribution in [0.4, 0.5) is 5.13 Å². The van der Waals surface area contributed by atoms with Gasteiger partial charge in [0.25, 0.3) is 5.91 Å². The van der Waals surface area contributed by atoms with Gasteiger partial charge in [-0.3, -0.25) is 4.79 Å². The fraction of sp³-hybridized carbons (Fsp3) is 0.600. The molecule has 1 rings (SSSR count). The standard InChI is InChI=1S/C10H17N3O2S/c1-6(2)7(4-15-3)12-9(14)8-5-16-10(11)13-8/h5-7H,4H2,1-3H3,(H2,11,13)(H,12,14). The van der Waals surface area contributed by atoms with Crippen LogP contribution in [0.2, 0.25) is 0 Å².